The van der Waals surface area contributed by atoms with Crippen molar-refractivity contribution in [2.45, 2.75) is 27.7 Å². The van der Waals surface area contributed by atoms with Crippen LogP contribution in [-0.2, 0) is 4.74 Å². The van der Waals surface area contributed by atoms with Crippen molar-refractivity contribution in [2.24, 2.45) is 0 Å². The van der Waals surface area contributed by atoms with E-state index in [1.807, 2.05) is 39.0 Å². The largest absolute Gasteiger partial charge is 0.449 e. The Kier molecular flexibility index (Phi) is 6.17. The first-order chi connectivity index (χ1) is 12.0. The second-order valence-corrected chi connectivity index (χ2v) is 5.63. The molecule has 0 N–H and O–H groups in total. The maximum atomic E-state index is 12.5. The Labute approximate surface area is 148 Å². The fourth-order valence-corrected chi connectivity index (χ4v) is 2.59. The van der Waals surface area contributed by atoms with Gasteiger partial charge >= 0.3 is 12.1 Å². The van der Waals surface area contributed by atoms with Crippen molar-refractivity contribution >= 4 is 17.7 Å². The smallest absolute Gasteiger partial charge is 0.414 e. The maximum Gasteiger partial charge on any atom is 0.414 e. The second-order valence-electron chi connectivity index (χ2n) is 5.63. The highest BCUT2D eigenvalue weighted by Crippen LogP contribution is 2.34. The zero-order valence-corrected chi connectivity index (χ0v) is 15.0. The minimum Gasteiger partial charge on any atom is -0.449 e. The summed E-state index contributed by atoms with van der Waals surface area (Å²) in [5.41, 5.74) is 2.73. The molecule has 0 bridgehead atoms. The molecule has 2 aromatic rings. The van der Waals surface area contributed by atoms with E-state index < -0.39 is 12.1 Å². The molecular weight excluding hydrogens is 318 g/mol. The predicted octanol–water partition coefficient (Wildman–Crippen LogP) is 4.51. The van der Waals surface area contributed by atoms with Gasteiger partial charge in [0.2, 0.25) is 0 Å². The second kappa shape index (κ2) is 8.33. The molecule has 0 saturated heterocycles. The summed E-state index contributed by atoms with van der Waals surface area (Å²) in [5.74, 6) is -0.0944. The number of ether oxygens (including phenoxy) is 2. The van der Waals surface area contributed by atoms with Crippen molar-refractivity contribution in [3.05, 3.63) is 59.2 Å². The average molecular weight is 341 g/mol. The highest BCUT2D eigenvalue weighted by molar-refractivity contribution is 5.95. The van der Waals surface area contributed by atoms with Gasteiger partial charge in [0.05, 0.1) is 17.9 Å². The molecule has 132 valence electrons. The van der Waals surface area contributed by atoms with Gasteiger partial charge in [-0.05, 0) is 57.0 Å². The van der Waals surface area contributed by atoms with Gasteiger partial charge in [0.1, 0.15) is 0 Å². The lowest BCUT2D eigenvalue weighted by molar-refractivity contribution is 0.0733. The molecule has 5 heteroatoms. The zero-order chi connectivity index (χ0) is 18.4. The van der Waals surface area contributed by atoms with Gasteiger partial charge in [-0.15, -0.1) is 0 Å². The molecule has 0 radical (unpaired) electrons. The monoisotopic (exact) mass is 341 g/mol. The van der Waals surface area contributed by atoms with E-state index in [1.165, 1.54) is 4.90 Å². The lowest BCUT2D eigenvalue weighted by atomic mass is 10.1. The molecule has 1 amide bonds. The standard InChI is InChI=1S/C20H23NO4/c1-5-21(20(23)24-6-2)17-13-14(3)12-15(4)18(17)25-19(22)16-10-8-7-9-11-16/h7-13H,5-6H2,1-4H3. The maximum absolute atomic E-state index is 12.5. The first-order valence-electron chi connectivity index (χ1n) is 8.30. The van der Waals surface area contributed by atoms with Gasteiger partial charge in [-0.1, -0.05) is 24.3 Å². The molecule has 0 unspecified atom stereocenters. The molecule has 5 nitrogen and oxygen atoms in total. The van der Waals surface area contributed by atoms with E-state index in [0.29, 0.717) is 23.5 Å². The summed E-state index contributed by atoms with van der Waals surface area (Å²) in [6.45, 7) is 8.05. The van der Waals surface area contributed by atoms with Crippen molar-refractivity contribution in [1.29, 1.82) is 0 Å². The number of anilines is 1. The molecule has 0 aromatic heterocycles. The van der Waals surface area contributed by atoms with Gasteiger partial charge in [0, 0.05) is 6.54 Å². The normalized spacial score (nSPS) is 10.2. The Morgan fingerprint density at radius 1 is 1.04 bits per heavy atom. The lowest BCUT2D eigenvalue weighted by Crippen LogP contribution is -2.32. The lowest BCUT2D eigenvalue weighted by Gasteiger charge is -2.24. The van der Waals surface area contributed by atoms with Gasteiger partial charge in [0.25, 0.3) is 0 Å². The number of aryl methyl sites for hydroxylation is 2. The summed E-state index contributed by atoms with van der Waals surface area (Å²) in [4.78, 5) is 26.2. The number of esters is 1. The third-order valence-corrected chi connectivity index (χ3v) is 3.70. The Morgan fingerprint density at radius 2 is 1.72 bits per heavy atom. The van der Waals surface area contributed by atoms with Crippen molar-refractivity contribution in [3.63, 3.8) is 0 Å². The minimum absolute atomic E-state index is 0.277. The summed E-state index contributed by atoms with van der Waals surface area (Å²) >= 11 is 0. The summed E-state index contributed by atoms with van der Waals surface area (Å²) < 4.78 is 10.8. The van der Waals surface area contributed by atoms with Gasteiger partial charge in [0.15, 0.2) is 5.75 Å². The van der Waals surface area contributed by atoms with Crippen LogP contribution in [0.5, 0.6) is 5.75 Å². The molecule has 2 rings (SSSR count). The van der Waals surface area contributed by atoms with Crippen LogP contribution in [0.3, 0.4) is 0 Å². The number of hydrogen-bond donors (Lipinski definition) is 0. The molecular formula is C20H23NO4. The molecule has 0 aliphatic carbocycles. The van der Waals surface area contributed by atoms with Crippen LogP contribution in [0.4, 0.5) is 10.5 Å². The van der Waals surface area contributed by atoms with Crippen LogP contribution >= 0.6 is 0 Å². The SMILES string of the molecule is CCOC(=O)N(CC)c1cc(C)cc(C)c1OC(=O)c1ccccc1. The van der Waals surface area contributed by atoms with E-state index in [0.717, 1.165) is 11.1 Å². The molecule has 25 heavy (non-hydrogen) atoms. The number of hydrogen-bond acceptors (Lipinski definition) is 4. The van der Waals surface area contributed by atoms with Gasteiger partial charge in [-0.2, -0.15) is 0 Å². The van der Waals surface area contributed by atoms with Crippen molar-refractivity contribution in [3.8, 4) is 5.75 Å². The quantitative estimate of drug-likeness (QED) is 0.593. The molecule has 0 aliphatic heterocycles. The number of benzene rings is 2. The van der Waals surface area contributed by atoms with Crippen molar-refractivity contribution < 1.29 is 19.1 Å². The van der Waals surface area contributed by atoms with Crippen LogP contribution < -0.4 is 9.64 Å². The molecule has 0 atom stereocenters. The first kappa shape index (κ1) is 18.5. The molecule has 0 aliphatic rings. The van der Waals surface area contributed by atoms with Gasteiger partial charge < -0.3 is 9.47 Å². The van der Waals surface area contributed by atoms with Crippen LogP contribution in [0.1, 0.15) is 35.3 Å². The predicted molar refractivity (Wildman–Crippen MR) is 97.4 cm³/mol. The molecule has 2 aromatic carbocycles. The third kappa shape index (κ3) is 4.38. The number of carbonyl (C=O) groups excluding carboxylic acids is 2. The Balaban J connectivity index is 2.43. The van der Waals surface area contributed by atoms with Gasteiger partial charge in [-0.3, -0.25) is 4.90 Å². The zero-order valence-electron chi connectivity index (χ0n) is 15.0. The Hall–Kier alpha value is -2.82. The number of nitrogens with zero attached hydrogens (tertiary/aromatic N) is 1. The average Bonchev–Trinajstić information content (AvgIpc) is 2.59. The number of carbonyl (C=O) groups is 2. The summed E-state index contributed by atoms with van der Waals surface area (Å²) in [5, 5.41) is 0. The van der Waals surface area contributed by atoms with Crippen LogP contribution in [0.15, 0.2) is 42.5 Å². The fourth-order valence-electron chi connectivity index (χ4n) is 2.59. The van der Waals surface area contributed by atoms with Crippen molar-refractivity contribution in [1.82, 2.24) is 0 Å². The fraction of sp³-hybridized carbons (Fsp3) is 0.300. The van der Waals surface area contributed by atoms with E-state index in [4.69, 9.17) is 9.47 Å². The third-order valence-electron chi connectivity index (χ3n) is 3.70. The Morgan fingerprint density at radius 3 is 2.32 bits per heavy atom. The first-order valence-corrected chi connectivity index (χ1v) is 8.30. The van der Waals surface area contributed by atoms with Crippen LogP contribution in [0.2, 0.25) is 0 Å². The summed E-state index contributed by atoms with van der Waals surface area (Å²) in [6.07, 6.45) is -0.466. The minimum atomic E-state index is -0.466. The van der Waals surface area contributed by atoms with E-state index in [2.05, 4.69) is 0 Å². The molecule has 0 fully saturated rings. The topological polar surface area (TPSA) is 55.8 Å². The van der Waals surface area contributed by atoms with E-state index in [-0.39, 0.29) is 6.61 Å². The molecule has 0 spiro atoms. The van der Waals surface area contributed by atoms with Crippen LogP contribution in [0.25, 0.3) is 0 Å². The Bertz CT molecular complexity index is 756. The van der Waals surface area contributed by atoms with E-state index in [1.54, 1.807) is 31.2 Å². The van der Waals surface area contributed by atoms with Gasteiger partial charge in [-0.25, -0.2) is 9.59 Å². The molecule has 0 heterocycles. The van der Waals surface area contributed by atoms with Crippen molar-refractivity contribution in [2.75, 3.05) is 18.1 Å². The summed E-state index contributed by atoms with van der Waals surface area (Å²) in [6, 6.07) is 12.5. The van der Waals surface area contributed by atoms with E-state index >= 15 is 0 Å². The number of rotatable bonds is 5. The number of amides is 1. The van der Waals surface area contributed by atoms with E-state index in [9.17, 15) is 9.59 Å². The highest BCUT2D eigenvalue weighted by atomic mass is 16.6. The summed E-state index contributed by atoms with van der Waals surface area (Å²) in [7, 11) is 0. The molecule has 0 saturated carbocycles. The van der Waals surface area contributed by atoms with Crippen LogP contribution in [0, 0.1) is 13.8 Å². The van der Waals surface area contributed by atoms with Crippen LogP contribution in [-0.4, -0.2) is 25.2 Å². The highest BCUT2D eigenvalue weighted by Gasteiger charge is 2.23.